The maximum absolute atomic E-state index is 11.6. The molecule has 0 saturated carbocycles. The molecule has 0 radical (unpaired) electrons. The third-order valence-electron chi connectivity index (χ3n) is 3.40. The Bertz CT molecular complexity index is 794. The van der Waals surface area contributed by atoms with Crippen molar-refractivity contribution in [3.63, 3.8) is 0 Å². The Morgan fingerprint density at radius 1 is 1.29 bits per heavy atom. The molecule has 2 aliphatic rings. The Balaban J connectivity index is 1.73. The first-order valence-electron chi connectivity index (χ1n) is 6.50. The fourth-order valence-corrected chi connectivity index (χ4v) is 2.41. The number of rotatable bonds is 2. The van der Waals surface area contributed by atoms with Crippen molar-refractivity contribution < 1.29 is 14.0 Å². The largest absolute Gasteiger partial charge is 0.458 e. The van der Waals surface area contributed by atoms with Gasteiger partial charge in [-0.15, -0.1) is 0 Å². The average molecular weight is 285 g/mol. The summed E-state index contributed by atoms with van der Waals surface area (Å²) in [6.45, 7) is 1.53. The van der Waals surface area contributed by atoms with Crippen molar-refractivity contribution in [2.75, 3.05) is 13.1 Å². The minimum atomic E-state index is -0.796. The SMILES string of the molecule is O=C1NC(=O)[C@@H](c2cc3cnc(C4=NCCN4)cc3o2)N1. The zero-order chi connectivity index (χ0) is 14.4. The molecule has 0 aromatic carbocycles. The van der Waals surface area contributed by atoms with Gasteiger partial charge in [0, 0.05) is 24.2 Å². The number of nitrogens with zero attached hydrogens (tertiary/aromatic N) is 2. The van der Waals surface area contributed by atoms with Gasteiger partial charge >= 0.3 is 6.03 Å². The highest BCUT2D eigenvalue weighted by Crippen LogP contribution is 2.25. The van der Waals surface area contributed by atoms with E-state index in [-0.39, 0.29) is 0 Å². The van der Waals surface area contributed by atoms with E-state index in [0.717, 1.165) is 24.3 Å². The van der Waals surface area contributed by atoms with E-state index in [1.807, 2.05) is 0 Å². The van der Waals surface area contributed by atoms with Crippen LogP contribution in [-0.2, 0) is 4.79 Å². The molecule has 8 nitrogen and oxygen atoms in total. The Morgan fingerprint density at radius 3 is 2.90 bits per heavy atom. The lowest BCUT2D eigenvalue weighted by atomic mass is 10.2. The molecule has 4 rings (SSSR count). The van der Waals surface area contributed by atoms with E-state index in [1.165, 1.54) is 0 Å². The van der Waals surface area contributed by atoms with E-state index in [1.54, 1.807) is 18.3 Å². The van der Waals surface area contributed by atoms with Crippen molar-refractivity contribution in [3.8, 4) is 0 Å². The van der Waals surface area contributed by atoms with Gasteiger partial charge in [0.05, 0.1) is 6.54 Å². The van der Waals surface area contributed by atoms with Gasteiger partial charge in [0.15, 0.2) is 6.04 Å². The standard InChI is InChI=1S/C13H11N5O3/c19-12-10(17-13(20)18-12)9-3-6-5-16-7(4-8(6)21-9)11-14-1-2-15-11/h3-5,10H,1-2H2,(H,14,15)(H2,17,18,19,20)/t10-/m1/s1. The summed E-state index contributed by atoms with van der Waals surface area (Å²) in [7, 11) is 0. The summed E-state index contributed by atoms with van der Waals surface area (Å²) < 4.78 is 5.67. The number of hydrogen-bond acceptors (Lipinski definition) is 6. The minimum Gasteiger partial charge on any atom is -0.458 e. The third kappa shape index (κ3) is 1.92. The van der Waals surface area contributed by atoms with Gasteiger partial charge in [-0.05, 0) is 6.07 Å². The van der Waals surface area contributed by atoms with Crippen LogP contribution < -0.4 is 16.0 Å². The first kappa shape index (κ1) is 11.9. The van der Waals surface area contributed by atoms with Gasteiger partial charge in [0.1, 0.15) is 22.9 Å². The van der Waals surface area contributed by atoms with Crippen LogP contribution in [-0.4, -0.2) is 35.8 Å². The molecule has 106 valence electrons. The van der Waals surface area contributed by atoms with Crippen molar-refractivity contribution >= 4 is 28.7 Å². The van der Waals surface area contributed by atoms with Gasteiger partial charge in [0.25, 0.3) is 5.91 Å². The van der Waals surface area contributed by atoms with E-state index in [9.17, 15) is 9.59 Å². The molecule has 0 aliphatic carbocycles. The second-order valence-electron chi connectivity index (χ2n) is 4.81. The minimum absolute atomic E-state index is 0.383. The number of hydrogen-bond donors (Lipinski definition) is 3. The lowest BCUT2D eigenvalue weighted by Gasteiger charge is -2.01. The molecule has 0 spiro atoms. The van der Waals surface area contributed by atoms with Gasteiger partial charge in [-0.3, -0.25) is 20.1 Å². The molecule has 8 heteroatoms. The van der Waals surface area contributed by atoms with E-state index < -0.39 is 18.0 Å². The first-order valence-corrected chi connectivity index (χ1v) is 6.50. The summed E-state index contributed by atoms with van der Waals surface area (Å²) in [5, 5.41) is 8.58. The molecule has 1 fully saturated rings. The topological polar surface area (TPSA) is 109 Å². The molecule has 3 N–H and O–H groups in total. The Kier molecular flexibility index (Phi) is 2.44. The van der Waals surface area contributed by atoms with E-state index in [2.05, 4.69) is 25.9 Å². The van der Waals surface area contributed by atoms with Crippen molar-refractivity contribution in [1.82, 2.24) is 20.9 Å². The monoisotopic (exact) mass is 285 g/mol. The number of carbonyl (C=O) groups excluding carboxylic acids is 2. The third-order valence-corrected chi connectivity index (χ3v) is 3.40. The van der Waals surface area contributed by atoms with Gasteiger partial charge in [-0.25, -0.2) is 4.79 Å². The number of aromatic nitrogens is 1. The highest BCUT2D eigenvalue weighted by Gasteiger charge is 2.33. The summed E-state index contributed by atoms with van der Waals surface area (Å²) >= 11 is 0. The van der Waals surface area contributed by atoms with Crippen LogP contribution in [0.1, 0.15) is 17.5 Å². The first-order chi connectivity index (χ1) is 10.2. The van der Waals surface area contributed by atoms with Crippen molar-refractivity contribution in [2.45, 2.75) is 6.04 Å². The number of pyridine rings is 1. The zero-order valence-electron chi connectivity index (χ0n) is 10.8. The highest BCUT2D eigenvalue weighted by molar-refractivity contribution is 6.05. The number of imide groups is 1. The molecular formula is C13H11N5O3. The van der Waals surface area contributed by atoms with Crippen molar-refractivity contribution in [1.29, 1.82) is 0 Å². The normalized spacial score (nSPS) is 21.1. The predicted octanol–water partition coefficient (Wildman–Crippen LogP) is 0.0581. The molecule has 21 heavy (non-hydrogen) atoms. The van der Waals surface area contributed by atoms with E-state index in [0.29, 0.717) is 17.0 Å². The van der Waals surface area contributed by atoms with Crippen LogP contribution in [0, 0.1) is 0 Å². The zero-order valence-corrected chi connectivity index (χ0v) is 10.8. The summed E-state index contributed by atoms with van der Waals surface area (Å²) in [5.41, 5.74) is 1.29. The average Bonchev–Trinajstić information content (AvgIpc) is 3.16. The smallest absolute Gasteiger partial charge is 0.322 e. The molecule has 3 amide bonds. The van der Waals surface area contributed by atoms with Crippen molar-refractivity contribution in [3.05, 3.63) is 29.8 Å². The van der Waals surface area contributed by atoms with Gasteiger partial charge < -0.3 is 15.1 Å². The number of amides is 3. The molecule has 4 heterocycles. The number of fused-ring (bicyclic) bond motifs is 1. The Labute approximate surface area is 118 Å². The Morgan fingerprint density at radius 2 is 2.19 bits per heavy atom. The van der Waals surface area contributed by atoms with Crippen LogP contribution in [0.25, 0.3) is 11.0 Å². The molecule has 2 aliphatic heterocycles. The van der Waals surface area contributed by atoms with E-state index >= 15 is 0 Å². The second-order valence-corrected chi connectivity index (χ2v) is 4.81. The molecule has 0 bridgehead atoms. The van der Waals surface area contributed by atoms with Gasteiger partial charge in [-0.1, -0.05) is 0 Å². The molecule has 2 aromatic rings. The highest BCUT2D eigenvalue weighted by atomic mass is 16.3. The van der Waals surface area contributed by atoms with Gasteiger partial charge in [0.2, 0.25) is 0 Å². The molecular weight excluding hydrogens is 274 g/mol. The molecule has 2 aromatic heterocycles. The van der Waals surface area contributed by atoms with Crippen molar-refractivity contribution in [2.24, 2.45) is 4.99 Å². The predicted molar refractivity (Wildman–Crippen MR) is 72.8 cm³/mol. The maximum Gasteiger partial charge on any atom is 0.322 e. The number of carbonyl (C=O) groups is 2. The number of nitrogens with one attached hydrogen (secondary N) is 3. The molecule has 1 saturated heterocycles. The van der Waals surface area contributed by atoms with Crippen LogP contribution in [0.2, 0.25) is 0 Å². The summed E-state index contributed by atoms with van der Waals surface area (Å²) in [6.07, 6.45) is 1.66. The summed E-state index contributed by atoms with van der Waals surface area (Å²) in [4.78, 5) is 31.4. The van der Waals surface area contributed by atoms with Crippen LogP contribution >= 0.6 is 0 Å². The van der Waals surface area contributed by atoms with Crippen LogP contribution in [0.3, 0.4) is 0 Å². The summed E-state index contributed by atoms with van der Waals surface area (Å²) in [5.74, 6) is 0.699. The lowest BCUT2D eigenvalue weighted by molar-refractivity contribution is -0.120. The second kappa shape index (κ2) is 4.30. The Hall–Kier alpha value is -2.90. The van der Waals surface area contributed by atoms with Crippen LogP contribution in [0.15, 0.2) is 27.7 Å². The number of aliphatic imine (C=N–C) groups is 1. The fraction of sp³-hybridized carbons (Fsp3) is 0.231. The fourth-order valence-electron chi connectivity index (χ4n) is 2.41. The maximum atomic E-state index is 11.6. The van der Waals surface area contributed by atoms with Crippen LogP contribution in [0.4, 0.5) is 4.79 Å². The quantitative estimate of drug-likeness (QED) is 0.676. The number of urea groups is 1. The molecule has 1 atom stereocenters. The van der Waals surface area contributed by atoms with Gasteiger partial charge in [-0.2, -0.15) is 0 Å². The number of amidine groups is 1. The van der Waals surface area contributed by atoms with Crippen LogP contribution in [0.5, 0.6) is 0 Å². The molecule has 0 unspecified atom stereocenters. The lowest BCUT2D eigenvalue weighted by Crippen LogP contribution is -2.22. The summed E-state index contributed by atoms with van der Waals surface area (Å²) in [6, 6.07) is 2.15. The number of furan rings is 1. The van der Waals surface area contributed by atoms with E-state index in [4.69, 9.17) is 4.42 Å².